The van der Waals surface area contributed by atoms with E-state index >= 15 is 0 Å². The van der Waals surface area contributed by atoms with Gasteiger partial charge in [-0.05, 0) is 48.7 Å². The molecule has 2 aromatic rings. The van der Waals surface area contributed by atoms with E-state index in [0.717, 1.165) is 48.9 Å². The molecule has 0 saturated carbocycles. The number of aromatic nitrogens is 1. The third kappa shape index (κ3) is 4.54. The van der Waals surface area contributed by atoms with Gasteiger partial charge in [0, 0.05) is 24.8 Å². The van der Waals surface area contributed by atoms with Gasteiger partial charge >= 0.3 is 6.18 Å². The smallest absolute Gasteiger partial charge is 0.351 e. The zero-order valence-electron chi connectivity index (χ0n) is 15.7. The van der Waals surface area contributed by atoms with Crippen LogP contribution in [-0.2, 0) is 11.0 Å². The molecule has 0 aliphatic carbocycles. The van der Waals surface area contributed by atoms with Crippen molar-refractivity contribution < 1.29 is 18.0 Å². The topological polar surface area (TPSA) is 45.6 Å². The Morgan fingerprint density at radius 2 is 1.80 bits per heavy atom. The first-order valence-electron chi connectivity index (χ1n) is 9.42. The molecule has 30 heavy (non-hydrogen) atoms. The Labute approximate surface area is 180 Å². The van der Waals surface area contributed by atoms with E-state index in [1.165, 1.54) is 18.2 Å². The molecule has 0 atom stereocenters. The minimum atomic E-state index is -4.49. The molecule has 1 amide bonds. The van der Waals surface area contributed by atoms with Crippen LogP contribution in [0.25, 0.3) is 17.3 Å². The van der Waals surface area contributed by atoms with Crippen molar-refractivity contribution in [1.29, 1.82) is 0 Å². The number of hydrogen-bond donors (Lipinski definition) is 0. The van der Waals surface area contributed by atoms with E-state index in [1.54, 1.807) is 30.3 Å². The van der Waals surface area contributed by atoms with E-state index in [2.05, 4.69) is 14.9 Å². The average molecular weight is 452 g/mol. The second-order valence-electron chi connectivity index (χ2n) is 7.03. The summed E-state index contributed by atoms with van der Waals surface area (Å²) >= 11 is 7.39. The van der Waals surface area contributed by atoms with Crippen molar-refractivity contribution in [3.8, 4) is 11.3 Å². The minimum Gasteiger partial charge on any atom is -0.351 e. The molecule has 1 fully saturated rings. The van der Waals surface area contributed by atoms with Gasteiger partial charge in [-0.2, -0.15) is 18.2 Å². The van der Waals surface area contributed by atoms with Crippen LogP contribution in [0.5, 0.6) is 0 Å². The van der Waals surface area contributed by atoms with Gasteiger partial charge < -0.3 is 4.90 Å². The van der Waals surface area contributed by atoms with Crippen LogP contribution in [0, 0.1) is 0 Å². The molecule has 2 aliphatic heterocycles. The van der Waals surface area contributed by atoms with E-state index in [4.69, 9.17) is 11.6 Å². The zero-order valence-corrected chi connectivity index (χ0v) is 17.3. The van der Waals surface area contributed by atoms with Gasteiger partial charge in [-0.1, -0.05) is 35.9 Å². The monoisotopic (exact) mass is 451 g/mol. The van der Waals surface area contributed by atoms with E-state index in [-0.39, 0.29) is 16.6 Å². The maximum absolute atomic E-state index is 12.8. The lowest BCUT2D eigenvalue weighted by atomic mass is 10.1. The zero-order chi connectivity index (χ0) is 21.3. The number of rotatable bonds is 2. The lowest BCUT2D eigenvalue weighted by Crippen LogP contribution is -2.33. The lowest BCUT2D eigenvalue weighted by molar-refractivity contribution is -0.137. The maximum atomic E-state index is 12.8. The fourth-order valence-corrected chi connectivity index (χ4v) is 4.55. The Morgan fingerprint density at radius 3 is 2.43 bits per heavy atom. The van der Waals surface area contributed by atoms with Crippen LogP contribution in [0.4, 0.5) is 13.2 Å². The van der Waals surface area contributed by atoms with Crippen molar-refractivity contribution in [1.82, 2.24) is 9.88 Å². The number of aliphatic imine (C=N–C) groups is 1. The molecule has 2 aliphatic rings. The van der Waals surface area contributed by atoms with E-state index in [1.807, 2.05) is 0 Å². The summed E-state index contributed by atoms with van der Waals surface area (Å²) in [6.45, 7) is 1.84. The molecular weight excluding hydrogens is 435 g/mol. The number of amides is 1. The summed E-state index contributed by atoms with van der Waals surface area (Å²) in [5.74, 6) is -0.253. The summed E-state index contributed by atoms with van der Waals surface area (Å²) < 4.78 is 38.3. The molecule has 1 saturated heterocycles. The Morgan fingerprint density at radius 1 is 1.10 bits per heavy atom. The highest BCUT2D eigenvalue weighted by Crippen LogP contribution is 2.35. The van der Waals surface area contributed by atoms with Crippen LogP contribution in [0.1, 0.15) is 30.4 Å². The van der Waals surface area contributed by atoms with Crippen LogP contribution in [0.15, 0.2) is 46.4 Å². The molecule has 0 bridgehead atoms. The van der Waals surface area contributed by atoms with Gasteiger partial charge in [0.1, 0.15) is 0 Å². The molecule has 4 rings (SSSR count). The van der Waals surface area contributed by atoms with E-state index in [9.17, 15) is 18.0 Å². The molecular formula is C21H17ClF3N3OS. The number of carbonyl (C=O) groups excluding carboxylic acids is 1. The van der Waals surface area contributed by atoms with E-state index < -0.39 is 11.7 Å². The highest BCUT2D eigenvalue weighted by Gasteiger charge is 2.31. The first kappa shape index (κ1) is 20.9. The number of nitrogens with zero attached hydrogens (tertiary/aromatic N) is 3. The van der Waals surface area contributed by atoms with Gasteiger partial charge in [0.05, 0.1) is 21.2 Å². The van der Waals surface area contributed by atoms with Crippen LogP contribution < -0.4 is 0 Å². The first-order valence-corrected chi connectivity index (χ1v) is 10.6. The van der Waals surface area contributed by atoms with Crippen molar-refractivity contribution in [2.75, 3.05) is 13.1 Å². The van der Waals surface area contributed by atoms with Crippen molar-refractivity contribution in [2.24, 2.45) is 4.99 Å². The van der Waals surface area contributed by atoms with Crippen LogP contribution in [-0.4, -0.2) is 34.0 Å². The molecule has 0 unspecified atom stereocenters. The number of amidine groups is 1. The van der Waals surface area contributed by atoms with Crippen molar-refractivity contribution >= 4 is 40.5 Å². The Hall–Kier alpha value is -2.32. The molecule has 3 heterocycles. The summed E-state index contributed by atoms with van der Waals surface area (Å²) in [5, 5.41) is 0.681. The highest BCUT2D eigenvalue weighted by atomic mass is 35.5. The second-order valence-corrected chi connectivity index (χ2v) is 8.45. The van der Waals surface area contributed by atoms with Crippen molar-refractivity contribution in [3.63, 3.8) is 0 Å². The number of benzene rings is 1. The Bertz CT molecular complexity index is 1030. The number of thioether (sulfide) groups is 1. The van der Waals surface area contributed by atoms with Gasteiger partial charge in [0.15, 0.2) is 5.17 Å². The third-order valence-corrected chi connectivity index (χ3v) is 6.22. The largest absolute Gasteiger partial charge is 0.417 e. The summed E-state index contributed by atoms with van der Waals surface area (Å²) in [4.78, 5) is 23.0. The predicted octanol–water partition coefficient (Wildman–Crippen LogP) is 5.88. The lowest BCUT2D eigenvalue weighted by Gasteiger charge is -2.27. The van der Waals surface area contributed by atoms with E-state index in [0.29, 0.717) is 10.5 Å². The molecule has 0 N–H and O–H groups in total. The first-order chi connectivity index (χ1) is 14.3. The van der Waals surface area contributed by atoms with Gasteiger partial charge in [0.2, 0.25) is 0 Å². The molecule has 1 aromatic heterocycles. The predicted molar refractivity (Wildman–Crippen MR) is 113 cm³/mol. The van der Waals surface area contributed by atoms with Crippen molar-refractivity contribution in [3.05, 3.63) is 57.6 Å². The number of piperidine rings is 1. The molecule has 4 nitrogen and oxygen atoms in total. The highest BCUT2D eigenvalue weighted by molar-refractivity contribution is 8.18. The molecule has 0 radical (unpaired) electrons. The SMILES string of the molecule is O=C1N=C(N2CCCCC2)S/C1=C/c1ccc(-c2ncc(C(F)(F)F)cc2Cl)cc1. The van der Waals surface area contributed by atoms with Gasteiger partial charge in [-0.25, -0.2) is 0 Å². The summed E-state index contributed by atoms with van der Waals surface area (Å²) in [6.07, 6.45) is 1.45. The van der Waals surface area contributed by atoms with Gasteiger partial charge in [-0.3, -0.25) is 9.78 Å². The maximum Gasteiger partial charge on any atom is 0.417 e. The standard InChI is InChI=1S/C21H17ClF3N3OS/c22-16-11-15(21(23,24)25)12-26-18(16)14-6-4-13(5-7-14)10-17-19(29)27-20(30-17)28-8-2-1-3-9-28/h4-7,10-12H,1-3,8-9H2/b17-10+. The average Bonchev–Trinajstić information content (AvgIpc) is 3.09. The molecule has 9 heteroatoms. The number of hydrogen-bond acceptors (Lipinski definition) is 4. The fourth-order valence-electron chi connectivity index (χ4n) is 3.31. The minimum absolute atomic E-state index is 0.0722. The number of halogens is 4. The Balaban J connectivity index is 1.50. The third-order valence-electron chi connectivity index (χ3n) is 4.89. The van der Waals surface area contributed by atoms with Crippen molar-refractivity contribution in [2.45, 2.75) is 25.4 Å². The number of likely N-dealkylation sites (tertiary alicyclic amines) is 1. The normalized spacial score (nSPS) is 18.8. The Kier molecular flexibility index (Phi) is 5.88. The molecule has 156 valence electrons. The van der Waals surface area contributed by atoms with Gasteiger partial charge in [0.25, 0.3) is 5.91 Å². The quantitative estimate of drug-likeness (QED) is 0.535. The number of pyridine rings is 1. The van der Waals surface area contributed by atoms with Crippen LogP contribution >= 0.6 is 23.4 Å². The second kappa shape index (κ2) is 8.43. The number of alkyl halides is 3. The molecule has 1 aromatic carbocycles. The van der Waals surface area contributed by atoms with Crippen LogP contribution in [0.3, 0.4) is 0 Å². The molecule has 0 spiro atoms. The summed E-state index contributed by atoms with van der Waals surface area (Å²) in [7, 11) is 0. The fraction of sp³-hybridized carbons (Fsp3) is 0.286. The summed E-state index contributed by atoms with van der Waals surface area (Å²) in [5.41, 5.74) is 0.754. The van der Waals surface area contributed by atoms with Crippen LogP contribution in [0.2, 0.25) is 5.02 Å². The number of carbonyl (C=O) groups is 1. The van der Waals surface area contributed by atoms with Gasteiger partial charge in [-0.15, -0.1) is 0 Å². The summed E-state index contributed by atoms with van der Waals surface area (Å²) in [6, 6.07) is 7.83.